The number of amides is 1. The Balaban J connectivity index is 2.11. The molecule has 96 valence electrons. The summed E-state index contributed by atoms with van der Waals surface area (Å²) in [6.45, 7) is 0. The summed E-state index contributed by atoms with van der Waals surface area (Å²) in [7, 11) is 1.56. The van der Waals surface area contributed by atoms with Crippen LogP contribution in [0, 0.1) is 0 Å². The van der Waals surface area contributed by atoms with E-state index in [1.54, 1.807) is 25.2 Å². The van der Waals surface area contributed by atoms with Crippen molar-refractivity contribution in [1.29, 1.82) is 0 Å². The van der Waals surface area contributed by atoms with Crippen LogP contribution in [0.15, 0.2) is 18.2 Å². The van der Waals surface area contributed by atoms with Gasteiger partial charge in [-0.1, -0.05) is 6.07 Å². The Labute approximate surface area is 107 Å². The molecule has 1 aliphatic heterocycles. The summed E-state index contributed by atoms with van der Waals surface area (Å²) in [6, 6.07) is 5.24. The molecule has 1 aromatic carbocycles. The van der Waals surface area contributed by atoms with Gasteiger partial charge in [0.1, 0.15) is 5.69 Å². The predicted octanol–water partition coefficient (Wildman–Crippen LogP) is 0.675. The molecule has 0 fully saturated rings. The van der Waals surface area contributed by atoms with Crippen molar-refractivity contribution in [2.45, 2.75) is 6.42 Å². The van der Waals surface area contributed by atoms with Crippen LogP contribution in [-0.2, 0) is 18.3 Å². The van der Waals surface area contributed by atoms with Gasteiger partial charge in [0.2, 0.25) is 5.91 Å². The van der Waals surface area contributed by atoms with E-state index in [9.17, 15) is 9.59 Å². The quantitative estimate of drug-likeness (QED) is 0.825. The third-order valence-corrected chi connectivity index (χ3v) is 2.92. The number of nitrogens with zero attached hydrogens (tertiary/aromatic N) is 3. The third kappa shape index (κ3) is 1.85. The summed E-state index contributed by atoms with van der Waals surface area (Å²) in [5.74, 6) is -1.19. The summed E-state index contributed by atoms with van der Waals surface area (Å²) in [5, 5.41) is 19.7. The number of rotatable bonds is 2. The second-order valence-corrected chi connectivity index (χ2v) is 4.29. The van der Waals surface area contributed by atoms with Gasteiger partial charge < -0.3 is 10.4 Å². The first kappa shape index (κ1) is 11.4. The van der Waals surface area contributed by atoms with E-state index < -0.39 is 5.97 Å². The average molecular weight is 258 g/mol. The van der Waals surface area contributed by atoms with Crippen molar-refractivity contribution in [1.82, 2.24) is 15.0 Å². The normalized spacial score (nSPS) is 13.2. The number of aromatic carboxylic acids is 1. The van der Waals surface area contributed by atoms with E-state index in [2.05, 4.69) is 15.5 Å². The summed E-state index contributed by atoms with van der Waals surface area (Å²) in [6.07, 6.45) is 0.297. The van der Waals surface area contributed by atoms with Crippen LogP contribution in [-0.4, -0.2) is 32.0 Å². The minimum Gasteiger partial charge on any atom is -0.476 e. The molecule has 0 saturated carbocycles. The lowest BCUT2D eigenvalue weighted by Gasteiger charge is -2.01. The molecule has 1 amide bonds. The van der Waals surface area contributed by atoms with Crippen LogP contribution in [0.25, 0.3) is 11.3 Å². The number of hydrogen-bond acceptors (Lipinski definition) is 4. The molecule has 0 bridgehead atoms. The lowest BCUT2D eigenvalue weighted by molar-refractivity contribution is -0.115. The van der Waals surface area contributed by atoms with Crippen molar-refractivity contribution >= 4 is 17.6 Å². The van der Waals surface area contributed by atoms with E-state index in [1.165, 1.54) is 4.80 Å². The molecule has 0 spiro atoms. The number of aryl methyl sites for hydroxylation is 1. The zero-order valence-corrected chi connectivity index (χ0v) is 10.0. The SMILES string of the molecule is Cn1nc(C(=O)O)c(-c2ccc3c(c2)CC(=O)N3)n1. The van der Waals surface area contributed by atoms with Crippen molar-refractivity contribution in [3.63, 3.8) is 0 Å². The molecule has 2 heterocycles. The Morgan fingerprint density at radius 3 is 2.95 bits per heavy atom. The van der Waals surface area contributed by atoms with Crippen molar-refractivity contribution in [2.75, 3.05) is 5.32 Å². The van der Waals surface area contributed by atoms with Crippen LogP contribution in [0.1, 0.15) is 16.1 Å². The lowest BCUT2D eigenvalue weighted by Crippen LogP contribution is -2.03. The molecule has 2 N–H and O–H groups in total. The fraction of sp³-hybridized carbons (Fsp3) is 0.167. The minimum absolute atomic E-state index is 0.0650. The molecule has 2 aromatic rings. The second-order valence-electron chi connectivity index (χ2n) is 4.29. The van der Waals surface area contributed by atoms with Crippen LogP contribution in [0.2, 0.25) is 0 Å². The van der Waals surface area contributed by atoms with Crippen molar-refractivity contribution in [3.8, 4) is 11.3 Å². The number of carboxylic acid groups (broad SMARTS) is 1. The number of carbonyl (C=O) groups excluding carboxylic acids is 1. The van der Waals surface area contributed by atoms with Gasteiger partial charge in [-0.15, -0.1) is 5.10 Å². The number of carboxylic acids is 1. The Kier molecular flexibility index (Phi) is 2.34. The molecule has 1 aliphatic rings. The van der Waals surface area contributed by atoms with E-state index in [0.29, 0.717) is 17.7 Å². The highest BCUT2D eigenvalue weighted by molar-refractivity contribution is 6.00. The first-order chi connectivity index (χ1) is 9.04. The van der Waals surface area contributed by atoms with Gasteiger partial charge in [0.05, 0.1) is 6.42 Å². The third-order valence-electron chi connectivity index (χ3n) is 2.92. The van der Waals surface area contributed by atoms with Crippen molar-refractivity contribution in [2.24, 2.45) is 7.05 Å². The molecule has 0 saturated heterocycles. The van der Waals surface area contributed by atoms with Crippen LogP contribution >= 0.6 is 0 Å². The topological polar surface area (TPSA) is 97.1 Å². The molecule has 0 radical (unpaired) electrons. The average Bonchev–Trinajstić information content (AvgIpc) is 2.89. The highest BCUT2D eigenvalue weighted by Gasteiger charge is 2.22. The molecular formula is C12H10N4O3. The van der Waals surface area contributed by atoms with E-state index >= 15 is 0 Å². The number of benzene rings is 1. The van der Waals surface area contributed by atoms with Gasteiger partial charge in [-0.25, -0.2) is 4.79 Å². The lowest BCUT2D eigenvalue weighted by atomic mass is 10.0. The standard InChI is InChI=1S/C12H10N4O3/c1-16-14-10(11(15-16)12(18)19)6-2-3-8-7(4-6)5-9(17)13-8/h2-4H,5H2,1H3,(H,13,17)(H,18,19). The molecule has 0 atom stereocenters. The monoisotopic (exact) mass is 258 g/mol. The number of anilines is 1. The van der Waals surface area contributed by atoms with Crippen molar-refractivity contribution in [3.05, 3.63) is 29.5 Å². The second kappa shape index (κ2) is 3.91. The highest BCUT2D eigenvalue weighted by Crippen LogP contribution is 2.29. The molecule has 0 aliphatic carbocycles. The minimum atomic E-state index is -1.13. The summed E-state index contributed by atoms with van der Waals surface area (Å²) in [5.41, 5.74) is 2.44. The maximum atomic E-state index is 11.3. The Hall–Kier alpha value is -2.70. The zero-order valence-electron chi connectivity index (χ0n) is 10.0. The number of aromatic nitrogens is 3. The Morgan fingerprint density at radius 2 is 2.21 bits per heavy atom. The van der Waals surface area contributed by atoms with Gasteiger partial charge in [0, 0.05) is 18.3 Å². The molecule has 1 aromatic heterocycles. The Morgan fingerprint density at radius 1 is 1.42 bits per heavy atom. The zero-order chi connectivity index (χ0) is 13.6. The number of hydrogen-bond donors (Lipinski definition) is 2. The van der Waals surface area contributed by atoms with E-state index in [0.717, 1.165) is 11.3 Å². The fourth-order valence-corrected chi connectivity index (χ4v) is 2.12. The maximum Gasteiger partial charge on any atom is 0.358 e. The van der Waals surface area contributed by atoms with Gasteiger partial charge >= 0.3 is 5.97 Å². The molecule has 0 unspecified atom stereocenters. The predicted molar refractivity (Wildman–Crippen MR) is 65.7 cm³/mol. The van der Waals surface area contributed by atoms with Crippen molar-refractivity contribution < 1.29 is 14.7 Å². The van der Waals surface area contributed by atoms with Gasteiger partial charge in [-0.05, 0) is 17.7 Å². The molecule has 7 heteroatoms. The molecule has 3 rings (SSSR count). The smallest absolute Gasteiger partial charge is 0.358 e. The number of fused-ring (bicyclic) bond motifs is 1. The number of nitrogens with one attached hydrogen (secondary N) is 1. The van der Waals surface area contributed by atoms with Crippen LogP contribution in [0.4, 0.5) is 5.69 Å². The molecule has 19 heavy (non-hydrogen) atoms. The van der Waals surface area contributed by atoms with E-state index in [1.807, 2.05) is 0 Å². The van der Waals surface area contributed by atoms with E-state index in [-0.39, 0.29) is 11.6 Å². The molecular weight excluding hydrogens is 248 g/mol. The van der Waals surface area contributed by atoms with Crippen LogP contribution < -0.4 is 5.32 Å². The largest absolute Gasteiger partial charge is 0.476 e. The van der Waals surface area contributed by atoms with Gasteiger partial charge in [-0.2, -0.15) is 9.90 Å². The first-order valence-corrected chi connectivity index (χ1v) is 5.62. The van der Waals surface area contributed by atoms with Crippen LogP contribution in [0.3, 0.4) is 0 Å². The Bertz CT molecular complexity index is 705. The first-order valence-electron chi connectivity index (χ1n) is 5.62. The van der Waals surface area contributed by atoms with Gasteiger partial charge in [0.15, 0.2) is 5.69 Å². The van der Waals surface area contributed by atoms with Gasteiger partial charge in [-0.3, -0.25) is 4.79 Å². The maximum absolute atomic E-state index is 11.3. The summed E-state index contributed by atoms with van der Waals surface area (Å²) < 4.78 is 0. The number of carbonyl (C=O) groups is 2. The van der Waals surface area contributed by atoms with E-state index in [4.69, 9.17) is 5.11 Å². The van der Waals surface area contributed by atoms with Crippen LogP contribution in [0.5, 0.6) is 0 Å². The summed E-state index contributed by atoms with van der Waals surface area (Å²) in [4.78, 5) is 23.6. The highest BCUT2D eigenvalue weighted by atomic mass is 16.4. The fourth-order valence-electron chi connectivity index (χ4n) is 2.12. The molecule has 7 nitrogen and oxygen atoms in total. The van der Waals surface area contributed by atoms with Gasteiger partial charge in [0.25, 0.3) is 0 Å². The summed E-state index contributed by atoms with van der Waals surface area (Å²) >= 11 is 0.